The fourth-order valence-electron chi connectivity index (χ4n) is 5.18. The highest BCUT2D eigenvalue weighted by molar-refractivity contribution is 5.95. The third-order valence-corrected chi connectivity index (χ3v) is 7.29. The van der Waals surface area contributed by atoms with Crippen molar-refractivity contribution in [3.63, 3.8) is 0 Å². The Morgan fingerprint density at radius 1 is 1.00 bits per heavy atom. The largest absolute Gasteiger partial charge is 0.437 e. The molecular weight excluding hydrogens is 508 g/mol. The summed E-state index contributed by atoms with van der Waals surface area (Å²) in [7, 11) is 0. The van der Waals surface area contributed by atoms with Crippen LogP contribution in [-0.2, 0) is 29.0 Å². The molecule has 1 aliphatic rings. The van der Waals surface area contributed by atoms with E-state index in [4.69, 9.17) is 4.42 Å². The zero-order valence-electron chi connectivity index (χ0n) is 23.2. The second-order valence-electron chi connectivity index (χ2n) is 10.9. The summed E-state index contributed by atoms with van der Waals surface area (Å²) in [4.78, 5) is 52.0. The minimum absolute atomic E-state index is 0. The third-order valence-electron chi connectivity index (χ3n) is 7.29. The molecule has 3 atom stereocenters. The Bertz CT molecular complexity index is 1340. The minimum atomic E-state index is -0.781. The Balaban J connectivity index is 0.00000462. The molecule has 2 aromatic carbocycles. The Hall–Kier alpha value is -4.01. The maximum absolute atomic E-state index is 13.4. The van der Waals surface area contributed by atoms with Gasteiger partial charge in [0.25, 0.3) is 5.91 Å². The highest BCUT2D eigenvalue weighted by Crippen LogP contribution is 2.25. The molecule has 4 rings (SSSR count). The van der Waals surface area contributed by atoms with E-state index in [-0.39, 0.29) is 43.4 Å². The van der Waals surface area contributed by atoms with Crippen molar-refractivity contribution >= 4 is 17.6 Å². The molecule has 3 aromatic rings. The van der Waals surface area contributed by atoms with Crippen LogP contribution in [-0.4, -0.2) is 39.5 Å². The molecule has 40 heavy (non-hydrogen) atoms. The molecular formula is C31H40N4O5. The lowest BCUT2D eigenvalue weighted by Crippen LogP contribution is -2.52. The molecule has 1 saturated carbocycles. The molecule has 9 heteroatoms. The number of amides is 2. The van der Waals surface area contributed by atoms with Crippen molar-refractivity contribution in [1.29, 1.82) is 0 Å². The van der Waals surface area contributed by atoms with Crippen molar-refractivity contribution < 1.29 is 20.2 Å². The number of aryl methyl sites for hydroxylation is 2. The lowest BCUT2D eigenvalue weighted by atomic mass is 9.83. The highest BCUT2D eigenvalue weighted by atomic mass is 16.4. The van der Waals surface area contributed by atoms with Crippen LogP contribution in [0, 0.1) is 11.8 Å². The molecule has 2 N–H and O–H groups in total. The topological polar surface area (TPSA) is 123 Å². The fraction of sp³-hybridized carbons (Fsp3) is 0.452. The van der Waals surface area contributed by atoms with Crippen LogP contribution in [0.25, 0.3) is 0 Å². The van der Waals surface area contributed by atoms with Crippen molar-refractivity contribution in [3.8, 4) is 0 Å². The summed E-state index contributed by atoms with van der Waals surface area (Å²) >= 11 is 0. The van der Waals surface area contributed by atoms with Gasteiger partial charge in [0, 0.05) is 19.5 Å². The van der Waals surface area contributed by atoms with E-state index in [1.54, 1.807) is 24.3 Å². The third kappa shape index (κ3) is 8.00. The van der Waals surface area contributed by atoms with Crippen molar-refractivity contribution in [2.24, 2.45) is 11.8 Å². The predicted octanol–water partition coefficient (Wildman–Crippen LogP) is 3.96. The number of nitrogens with zero attached hydrogens (tertiary/aromatic N) is 2. The number of rotatable bonds is 12. The number of carbonyl (C=O) groups is 3. The molecule has 0 saturated heterocycles. The van der Waals surface area contributed by atoms with Crippen LogP contribution in [0.4, 0.5) is 0 Å². The predicted molar refractivity (Wildman–Crippen MR) is 153 cm³/mol. The number of Topliss-reactive ketones (excluding diaryl/α,β-unsaturated/α-hetero) is 1. The van der Waals surface area contributed by atoms with Crippen molar-refractivity contribution in [2.45, 2.75) is 77.4 Å². The number of benzene rings is 2. The second kappa shape index (κ2) is 13.9. The lowest BCUT2D eigenvalue weighted by Gasteiger charge is -2.32. The standard InChI is InChI=1S/C31H38N4O5.H2/c1-21(2)19-26(27(36)20-35-31(39)40-28(34-35)18-17-22-11-5-3-6-12-22)33-30(38)24-15-9-10-16-25(24)32-29(37)23-13-7-4-8-14-23;/h3-8,11-14,21,24-26H,9-10,15-20H2,1-2H3,(H,32,37)(H,33,38);1H/t24-,25+,26+;/m1./s1. The summed E-state index contributed by atoms with van der Waals surface area (Å²) in [6.07, 6.45) is 4.62. The summed E-state index contributed by atoms with van der Waals surface area (Å²) in [6.45, 7) is 3.66. The van der Waals surface area contributed by atoms with Gasteiger partial charge in [-0.25, -0.2) is 4.79 Å². The maximum atomic E-state index is 13.4. The van der Waals surface area contributed by atoms with Crippen LogP contribution in [0.5, 0.6) is 0 Å². The summed E-state index contributed by atoms with van der Waals surface area (Å²) in [5.74, 6) is -1.52. The molecule has 1 aliphatic carbocycles. The van der Waals surface area contributed by atoms with Crippen LogP contribution in [0.2, 0.25) is 0 Å². The first-order chi connectivity index (χ1) is 19.3. The number of hydrogen-bond donors (Lipinski definition) is 2. The minimum Gasteiger partial charge on any atom is -0.392 e. The molecule has 0 radical (unpaired) electrons. The van der Waals surface area contributed by atoms with Gasteiger partial charge in [0.05, 0.1) is 12.0 Å². The van der Waals surface area contributed by atoms with Crippen LogP contribution in [0.1, 0.15) is 69.2 Å². The number of hydrogen-bond acceptors (Lipinski definition) is 6. The van der Waals surface area contributed by atoms with E-state index < -0.39 is 17.7 Å². The monoisotopic (exact) mass is 548 g/mol. The van der Waals surface area contributed by atoms with E-state index in [2.05, 4.69) is 15.7 Å². The Morgan fingerprint density at radius 2 is 1.68 bits per heavy atom. The number of aromatic nitrogens is 2. The second-order valence-corrected chi connectivity index (χ2v) is 10.9. The Kier molecular flexibility index (Phi) is 10.0. The van der Waals surface area contributed by atoms with Crippen molar-refractivity contribution in [3.05, 3.63) is 88.2 Å². The zero-order valence-corrected chi connectivity index (χ0v) is 23.2. The summed E-state index contributed by atoms with van der Waals surface area (Å²) in [6, 6.07) is 17.6. The molecule has 2 amide bonds. The van der Waals surface area contributed by atoms with Crippen LogP contribution < -0.4 is 16.4 Å². The lowest BCUT2D eigenvalue weighted by molar-refractivity contribution is -0.132. The number of ketones is 1. The van der Waals surface area contributed by atoms with Gasteiger partial charge in [-0.2, -0.15) is 4.68 Å². The molecule has 1 fully saturated rings. The van der Waals surface area contributed by atoms with Gasteiger partial charge in [-0.3, -0.25) is 14.4 Å². The first kappa shape index (κ1) is 29.0. The van der Waals surface area contributed by atoms with E-state index in [0.29, 0.717) is 37.7 Å². The Labute approximate surface area is 235 Å². The van der Waals surface area contributed by atoms with Crippen LogP contribution >= 0.6 is 0 Å². The molecule has 9 nitrogen and oxygen atoms in total. The van der Waals surface area contributed by atoms with E-state index in [1.807, 2.05) is 50.2 Å². The van der Waals surface area contributed by atoms with Gasteiger partial charge >= 0.3 is 5.76 Å². The molecule has 0 bridgehead atoms. The van der Waals surface area contributed by atoms with Crippen LogP contribution in [0.3, 0.4) is 0 Å². The average Bonchev–Trinajstić information content (AvgIpc) is 3.31. The highest BCUT2D eigenvalue weighted by Gasteiger charge is 2.34. The van der Waals surface area contributed by atoms with Gasteiger partial charge in [0.2, 0.25) is 11.8 Å². The van der Waals surface area contributed by atoms with E-state index in [0.717, 1.165) is 23.1 Å². The van der Waals surface area contributed by atoms with Gasteiger partial charge in [0.15, 0.2) is 5.78 Å². The van der Waals surface area contributed by atoms with E-state index in [9.17, 15) is 19.2 Å². The molecule has 0 aliphatic heterocycles. The first-order valence-corrected chi connectivity index (χ1v) is 14.1. The van der Waals surface area contributed by atoms with Gasteiger partial charge in [-0.05, 0) is 49.3 Å². The molecule has 1 aromatic heterocycles. The molecule has 214 valence electrons. The summed E-state index contributed by atoms with van der Waals surface area (Å²) in [5, 5.41) is 10.2. The maximum Gasteiger partial charge on any atom is 0.437 e. The molecule has 0 spiro atoms. The quantitative estimate of drug-likeness (QED) is 0.353. The summed E-state index contributed by atoms with van der Waals surface area (Å²) < 4.78 is 6.31. The first-order valence-electron chi connectivity index (χ1n) is 14.1. The molecule has 1 heterocycles. The SMILES string of the molecule is CC(C)C[C@H](NC(=O)[C@@H]1CCCC[C@@H]1NC(=O)c1ccccc1)C(=O)Cn1nc(CCc2ccccc2)oc1=O.[HH]. The zero-order chi connectivity index (χ0) is 28.5. The Morgan fingerprint density at radius 3 is 2.38 bits per heavy atom. The normalized spacial score (nSPS) is 17.8. The van der Waals surface area contributed by atoms with Gasteiger partial charge in [0.1, 0.15) is 6.54 Å². The van der Waals surface area contributed by atoms with Gasteiger partial charge in [-0.1, -0.05) is 75.2 Å². The van der Waals surface area contributed by atoms with E-state index in [1.165, 1.54) is 0 Å². The van der Waals surface area contributed by atoms with E-state index >= 15 is 0 Å². The molecule has 0 unspecified atom stereocenters. The average molecular weight is 549 g/mol. The number of nitrogens with one attached hydrogen (secondary N) is 2. The van der Waals surface area contributed by atoms with Gasteiger partial charge in [-0.15, -0.1) is 5.10 Å². The van der Waals surface area contributed by atoms with Crippen molar-refractivity contribution in [1.82, 2.24) is 20.4 Å². The van der Waals surface area contributed by atoms with Gasteiger partial charge < -0.3 is 15.1 Å². The smallest absolute Gasteiger partial charge is 0.392 e. The fourth-order valence-corrected chi connectivity index (χ4v) is 5.18. The number of carbonyl (C=O) groups excluding carboxylic acids is 3. The van der Waals surface area contributed by atoms with Crippen molar-refractivity contribution in [2.75, 3.05) is 0 Å². The summed E-state index contributed by atoms with van der Waals surface area (Å²) in [5.41, 5.74) is 1.64. The van der Waals surface area contributed by atoms with Crippen LogP contribution in [0.15, 0.2) is 69.9 Å².